The molecule has 1 unspecified atom stereocenters. The van der Waals surface area contributed by atoms with Gasteiger partial charge in [0.15, 0.2) is 0 Å². The van der Waals surface area contributed by atoms with Crippen LogP contribution in [-0.2, 0) is 19.9 Å². The molecule has 4 heteroatoms. The monoisotopic (exact) mass is 350 g/mol. The van der Waals surface area contributed by atoms with Crippen molar-refractivity contribution in [3.63, 3.8) is 0 Å². The van der Waals surface area contributed by atoms with Crippen LogP contribution in [-0.4, -0.2) is 14.9 Å². The average molecular weight is 351 g/mol. The second-order valence-corrected chi connectivity index (χ2v) is 6.82. The molecule has 21 heavy (non-hydrogen) atoms. The lowest BCUT2D eigenvalue weighted by molar-refractivity contribution is 0.175. The van der Waals surface area contributed by atoms with Crippen LogP contribution in [0, 0.1) is 12.8 Å². The van der Waals surface area contributed by atoms with E-state index in [-0.39, 0.29) is 0 Å². The maximum absolute atomic E-state index is 10.4. The van der Waals surface area contributed by atoms with Crippen LogP contribution < -0.4 is 0 Å². The molecule has 1 aromatic heterocycles. The molecule has 0 spiro atoms. The van der Waals surface area contributed by atoms with E-state index in [9.17, 15) is 5.11 Å². The van der Waals surface area contributed by atoms with Crippen LogP contribution in [0.1, 0.15) is 42.5 Å². The van der Waals surface area contributed by atoms with Crippen LogP contribution in [0.2, 0.25) is 0 Å². The minimum atomic E-state index is -0.510. The zero-order chi connectivity index (χ0) is 15.6. The number of nitrogens with zero attached hydrogens (tertiary/aromatic N) is 2. The van der Waals surface area contributed by atoms with Crippen molar-refractivity contribution in [2.45, 2.75) is 39.7 Å². The first-order valence-corrected chi connectivity index (χ1v) is 8.12. The smallest absolute Gasteiger partial charge is 0.0845 e. The number of aliphatic hydroxyl groups excluding tert-OH is 1. The van der Waals surface area contributed by atoms with Crippen molar-refractivity contribution in [3.05, 3.63) is 51.3 Å². The predicted molar refractivity (Wildman–Crippen MR) is 89.3 cm³/mol. The number of hydrogen-bond donors (Lipinski definition) is 1. The maximum atomic E-state index is 10.4. The maximum Gasteiger partial charge on any atom is 0.0845 e. The Kier molecular flexibility index (Phi) is 5.22. The first-order valence-electron chi connectivity index (χ1n) is 7.33. The minimum absolute atomic E-state index is 0.510. The van der Waals surface area contributed by atoms with Gasteiger partial charge < -0.3 is 5.11 Å². The highest BCUT2D eigenvalue weighted by Crippen LogP contribution is 2.26. The lowest BCUT2D eigenvalue weighted by Gasteiger charge is -2.13. The molecule has 0 bridgehead atoms. The standard InChI is InChI=1S/C17H23BrN2O/c1-11(2)9-13-5-7-14(8-6-13)16(21)10-15-17(18)12(3)19-20(15)4/h5-8,11,16,21H,9-10H2,1-4H3. The van der Waals surface area contributed by atoms with E-state index in [1.807, 2.05) is 30.8 Å². The molecule has 1 heterocycles. The Bertz CT molecular complexity index is 602. The summed E-state index contributed by atoms with van der Waals surface area (Å²) in [4.78, 5) is 0. The molecule has 3 nitrogen and oxygen atoms in total. The van der Waals surface area contributed by atoms with Gasteiger partial charge in [-0.25, -0.2) is 0 Å². The van der Waals surface area contributed by atoms with Gasteiger partial charge in [-0.2, -0.15) is 5.10 Å². The van der Waals surface area contributed by atoms with Crippen LogP contribution in [0.4, 0.5) is 0 Å². The number of rotatable bonds is 5. The summed E-state index contributed by atoms with van der Waals surface area (Å²) in [6.45, 7) is 6.39. The fourth-order valence-corrected chi connectivity index (χ4v) is 3.05. The van der Waals surface area contributed by atoms with Crippen LogP contribution in [0.25, 0.3) is 0 Å². The Balaban J connectivity index is 2.11. The number of aryl methyl sites for hydroxylation is 2. The van der Waals surface area contributed by atoms with Gasteiger partial charge in [0.1, 0.15) is 0 Å². The van der Waals surface area contributed by atoms with Gasteiger partial charge in [-0.15, -0.1) is 0 Å². The summed E-state index contributed by atoms with van der Waals surface area (Å²) in [6.07, 6.45) is 1.12. The molecule has 114 valence electrons. The molecule has 0 saturated carbocycles. The Labute approximate surface area is 135 Å². The van der Waals surface area contributed by atoms with Gasteiger partial charge in [-0.05, 0) is 46.3 Å². The first kappa shape index (κ1) is 16.2. The van der Waals surface area contributed by atoms with Gasteiger partial charge in [-0.1, -0.05) is 38.1 Å². The van der Waals surface area contributed by atoms with Crippen molar-refractivity contribution < 1.29 is 5.11 Å². The summed E-state index contributed by atoms with van der Waals surface area (Å²) in [5.74, 6) is 0.647. The van der Waals surface area contributed by atoms with Crippen molar-refractivity contribution in [1.29, 1.82) is 0 Å². The third kappa shape index (κ3) is 3.95. The molecule has 0 aliphatic heterocycles. The molecule has 0 saturated heterocycles. The molecule has 1 aromatic carbocycles. The number of aliphatic hydroxyl groups is 1. The second kappa shape index (κ2) is 6.75. The van der Waals surface area contributed by atoms with Crippen molar-refractivity contribution >= 4 is 15.9 Å². The molecule has 2 aromatic rings. The quantitative estimate of drug-likeness (QED) is 0.885. The molecule has 0 amide bonds. The van der Waals surface area contributed by atoms with Crippen molar-refractivity contribution in [2.75, 3.05) is 0 Å². The molecule has 2 rings (SSSR count). The highest BCUT2D eigenvalue weighted by Gasteiger charge is 2.16. The zero-order valence-electron chi connectivity index (χ0n) is 13.1. The number of halogens is 1. The van der Waals surface area contributed by atoms with E-state index in [0.29, 0.717) is 12.3 Å². The third-order valence-corrected chi connectivity index (χ3v) is 4.69. The van der Waals surface area contributed by atoms with Crippen molar-refractivity contribution in [1.82, 2.24) is 9.78 Å². The van der Waals surface area contributed by atoms with Crippen LogP contribution in [0.5, 0.6) is 0 Å². The summed E-state index contributed by atoms with van der Waals surface area (Å²) in [7, 11) is 1.91. The summed E-state index contributed by atoms with van der Waals surface area (Å²) in [5.41, 5.74) is 4.24. The van der Waals surface area contributed by atoms with Gasteiger partial charge in [-0.3, -0.25) is 4.68 Å². The minimum Gasteiger partial charge on any atom is -0.388 e. The van der Waals surface area contributed by atoms with Crippen LogP contribution in [0.15, 0.2) is 28.7 Å². The SMILES string of the molecule is Cc1nn(C)c(CC(O)c2ccc(CC(C)C)cc2)c1Br. The normalized spacial score (nSPS) is 12.9. The van der Waals surface area contributed by atoms with Gasteiger partial charge in [0.2, 0.25) is 0 Å². The molecule has 0 aliphatic carbocycles. The number of aromatic nitrogens is 2. The predicted octanol–water partition coefficient (Wildman–Crippen LogP) is 3.97. The third-order valence-electron chi connectivity index (χ3n) is 3.66. The van der Waals surface area contributed by atoms with E-state index in [0.717, 1.165) is 27.8 Å². The molecule has 0 radical (unpaired) electrons. The average Bonchev–Trinajstić information content (AvgIpc) is 2.65. The fourth-order valence-electron chi connectivity index (χ4n) is 2.55. The van der Waals surface area contributed by atoms with E-state index in [2.05, 4.69) is 47.0 Å². The number of hydrogen-bond acceptors (Lipinski definition) is 2. The summed E-state index contributed by atoms with van der Waals surface area (Å²) in [6, 6.07) is 8.28. The van der Waals surface area contributed by atoms with E-state index >= 15 is 0 Å². The van der Waals surface area contributed by atoms with E-state index < -0.39 is 6.10 Å². The lowest BCUT2D eigenvalue weighted by Crippen LogP contribution is -2.07. The first-order chi connectivity index (χ1) is 9.88. The second-order valence-electron chi connectivity index (χ2n) is 6.03. The van der Waals surface area contributed by atoms with Gasteiger partial charge >= 0.3 is 0 Å². The van der Waals surface area contributed by atoms with Crippen molar-refractivity contribution in [2.24, 2.45) is 13.0 Å². The highest BCUT2D eigenvalue weighted by atomic mass is 79.9. The van der Waals surface area contributed by atoms with E-state index in [1.165, 1.54) is 5.56 Å². The van der Waals surface area contributed by atoms with E-state index in [4.69, 9.17) is 0 Å². The Morgan fingerprint density at radius 2 is 1.81 bits per heavy atom. The Morgan fingerprint density at radius 1 is 1.19 bits per heavy atom. The Hall–Kier alpha value is -1.13. The topological polar surface area (TPSA) is 38.0 Å². The molecular formula is C17H23BrN2O. The molecular weight excluding hydrogens is 328 g/mol. The summed E-state index contributed by atoms with van der Waals surface area (Å²) >= 11 is 3.55. The number of benzene rings is 1. The highest BCUT2D eigenvalue weighted by molar-refractivity contribution is 9.10. The largest absolute Gasteiger partial charge is 0.388 e. The molecule has 0 fully saturated rings. The lowest BCUT2D eigenvalue weighted by atomic mass is 9.99. The summed E-state index contributed by atoms with van der Waals surface area (Å²) < 4.78 is 2.82. The van der Waals surface area contributed by atoms with Gasteiger partial charge in [0.25, 0.3) is 0 Å². The molecule has 0 aliphatic rings. The summed E-state index contributed by atoms with van der Waals surface area (Å²) in [5, 5.41) is 14.8. The zero-order valence-corrected chi connectivity index (χ0v) is 14.7. The molecule has 1 atom stereocenters. The fraction of sp³-hybridized carbons (Fsp3) is 0.471. The Morgan fingerprint density at radius 3 is 2.29 bits per heavy atom. The van der Waals surface area contributed by atoms with E-state index in [1.54, 1.807) is 0 Å². The molecule has 1 N–H and O–H groups in total. The van der Waals surface area contributed by atoms with Crippen LogP contribution in [0.3, 0.4) is 0 Å². The van der Waals surface area contributed by atoms with Crippen molar-refractivity contribution in [3.8, 4) is 0 Å². The van der Waals surface area contributed by atoms with Crippen LogP contribution >= 0.6 is 15.9 Å². The van der Waals surface area contributed by atoms with Gasteiger partial charge in [0, 0.05) is 13.5 Å². The van der Waals surface area contributed by atoms with Gasteiger partial charge in [0.05, 0.1) is 22.0 Å².